The van der Waals surface area contributed by atoms with Crippen molar-refractivity contribution in [1.29, 1.82) is 0 Å². The average Bonchev–Trinajstić information content (AvgIpc) is 2.15. The highest BCUT2D eigenvalue weighted by Gasteiger charge is 2.07. The highest BCUT2D eigenvalue weighted by Crippen LogP contribution is 2.06. The van der Waals surface area contributed by atoms with Gasteiger partial charge in [-0.15, -0.1) is 0 Å². The smallest absolute Gasteiger partial charge is 0.269 e. The second-order valence-electron chi connectivity index (χ2n) is 2.54. The molecule has 0 saturated carbocycles. The second-order valence-corrected chi connectivity index (χ2v) is 3.69. The van der Waals surface area contributed by atoms with E-state index in [1.54, 1.807) is 4.72 Å². The van der Waals surface area contributed by atoms with E-state index >= 15 is 0 Å². The van der Waals surface area contributed by atoms with Crippen LogP contribution in [0.4, 0.5) is 5.95 Å². The summed E-state index contributed by atoms with van der Waals surface area (Å²) in [4.78, 5) is 15.1. The van der Waals surface area contributed by atoms with Crippen LogP contribution < -0.4 is 4.72 Å². The van der Waals surface area contributed by atoms with Crippen molar-refractivity contribution in [3.8, 4) is 0 Å². The van der Waals surface area contributed by atoms with Crippen molar-refractivity contribution >= 4 is 27.4 Å². The van der Waals surface area contributed by atoms with Gasteiger partial charge >= 0.3 is 10.3 Å². The number of aromatic nitrogens is 4. The molecule has 0 aliphatic heterocycles. The molecule has 0 atom stereocenters. The molecule has 9 heteroatoms. The summed E-state index contributed by atoms with van der Waals surface area (Å²) in [6.45, 7) is 0. The van der Waals surface area contributed by atoms with Crippen molar-refractivity contribution in [3.05, 3.63) is 18.6 Å². The van der Waals surface area contributed by atoms with Gasteiger partial charge in [0.15, 0.2) is 5.65 Å². The molecule has 0 unspecified atom stereocenters. The lowest BCUT2D eigenvalue weighted by molar-refractivity contribution is 0.489. The third kappa shape index (κ3) is 2.33. The van der Waals surface area contributed by atoms with Crippen molar-refractivity contribution in [2.75, 3.05) is 4.72 Å². The molecular weight excluding hydrogens is 222 g/mol. The van der Waals surface area contributed by atoms with E-state index in [2.05, 4.69) is 19.9 Å². The van der Waals surface area contributed by atoms with Crippen LogP contribution in [-0.4, -0.2) is 32.9 Å². The van der Waals surface area contributed by atoms with E-state index in [9.17, 15) is 8.42 Å². The maximum atomic E-state index is 10.5. The van der Waals surface area contributed by atoms with Gasteiger partial charge in [0.05, 0.1) is 6.20 Å². The third-order valence-electron chi connectivity index (χ3n) is 1.45. The number of fused-ring (bicyclic) bond motifs is 1. The minimum Gasteiger partial charge on any atom is -0.269 e. The Kier molecular flexibility index (Phi) is 2.17. The van der Waals surface area contributed by atoms with Gasteiger partial charge < -0.3 is 0 Å². The first-order valence-electron chi connectivity index (χ1n) is 3.73. The molecule has 0 fully saturated rings. The summed E-state index contributed by atoms with van der Waals surface area (Å²) in [5.74, 6) is -0.259. The first-order chi connectivity index (χ1) is 7.04. The molecule has 0 bridgehead atoms. The summed E-state index contributed by atoms with van der Waals surface area (Å²) >= 11 is 0. The van der Waals surface area contributed by atoms with Crippen LogP contribution in [0.2, 0.25) is 0 Å². The molecule has 2 aromatic rings. The van der Waals surface area contributed by atoms with Crippen molar-refractivity contribution in [2.24, 2.45) is 0 Å². The Morgan fingerprint density at radius 1 is 1.20 bits per heavy atom. The maximum Gasteiger partial charge on any atom is 0.359 e. The zero-order chi connectivity index (χ0) is 10.9. The minimum atomic E-state index is -4.37. The Bertz CT molecular complexity index is 598. The lowest BCUT2D eigenvalue weighted by atomic mass is 10.5. The first kappa shape index (κ1) is 9.68. The van der Waals surface area contributed by atoms with Gasteiger partial charge in [-0.05, 0) is 0 Å². The SMILES string of the molecule is O=S(=O)(O)Nc1ncc2nccnc2n1. The molecule has 78 valence electrons. The summed E-state index contributed by atoms with van der Waals surface area (Å²) < 4.78 is 31.1. The van der Waals surface area contributed by atoms with E-state index in [1.807, 2.05) is 0 Å². The highest BCUT2D eigenvalue weighted by molar-refractivity contribution is 7.87. The van der Waals surface area contributed by atoms with Crippen molar-refractivity contribution in [2.45, 2.75) is 0 Å². The monoisotopic (exact) mass is 227 g/mol. The van der Waals surface area contributed by atoms with E-state index in [1.165, 1.54) is 18.6 Å². The van der Waals surface area contributed by atoms with E-state index in [0.29, 0.717) is 5.52 Å². The van der Waals surface area contributed by atoms with Gasteiger partial charge in [-0.25, -0.2) is 19.7 Å². The standard InChI is InChI=1S/C6H5N5O3S/c12-15(13,14)11-6-9-3-4-5(10-6)8-2-1-7-4/h1-3H,(H,12,13,14)(H,8,9,10,11). The van der Waals surface area contributed by atoms with Crippen LogP contribution in [-0.2, 0) is 10.3 Å². The van der Waals surface area contributed by atoms with Crippen LogP contribution in [0.3, 0.4) is 0 Å². The van der Waals surface area contributed by atoms with Crippen molar-refractivity contribution in [3.63, 3.8) is 0 Å². The Hall–Kier alpha value is -1.87. The molecule has 0 spiro atoms. The second kappa shape index (κ2) is 3.37. The molecule has 2 rings (SSSR count). The van der Waals surface area contributed by atoms with Crippen LogP contribution in [0.15, 0.2) is 18.6 Å². The molecule has 0 saturated heterocycles. The number of hydrogen-bond acceptors (Lipinski definition) is 6. The van der Waals surface area contributed by atoms with Gasteiger partial charge in [0.2, 0.25) is 5.95 Å². The molecule has 2 heterocycles. The predicted octanol–water partition coefficient (Wildman–Crippen LogP) is -0.366. The Balaban J connectivity index is 2.48. The highest BCUT2D eigenvalue weighted by atomic mass is 32.2. The van der Waals surface area contributed by atoms with Crippen LogP contribution in [0.5, 0.6) is 0 Å². The Labute approximate surface area is 84.3 Å². The average molecular weight is 227 g/mol. The number of nitrogens with zero attached hydrogens (tertiary/aromatic N) is 4. The fourth-order valence-corrected chi connectivity index (χ4v) is 1.26. The molecule has 2 aromatic heterocycles. The van der Waals surface area contributed by atoms with Crippen LogP contribution >= 0.6 is 0 Å². The lowest BCUT2D eigenvalue weighted by Crippen LogP contribution is -2.13. The van der Waals surface area contributed by atoms with Gasteiger partial charge in [0.25, 0.3) is 0 Å². The van der Waals surface area contributed by atoms with Gasteiger partial charge in [0, 0.05) is 12.4 Å². The predicted molar refractivity (Wildman–Crippen MR) is 50.3 cm³/mol. The zero-order valence-electron chi connectivity index (χ0n) is 7.19. The molecule has 0 aliphatic rings. The van der Waals surface area contributed by atoms with Crippen molar-refractivity contribution in [1.82, 2.24) is 19.9 Å². The van der Waals surface area contributed by atoms with E-state index in [-0.39, 0.29) is 11.6 Å². The van der Waals surface area contributed by atoms with E-state index < -0.39 is 10.3 Å². The van der Waals surface area contributed by atoms with Gasteiger partial charge in [-0.1, -0.05) is 0 Å². The topological polar surface area (TPSA) is 118 Å². The quantitative estimate of drug-likeness (QED) is 0.672. The van der Waals surface area contributed by atoms with E-state index in [0.717, 1.165) is 0 Å². The van der Waals surface area contributed by atoms with E-state index in [4.69, 9.17) is 4.55 Å². The fraction of sp³-hybridized carbons (Fsp3) is 0. The number of hydrogen-bond donors (Lipinski definition) is 2. The number of rotatable bonds is 2. The summed E-state index contributed by atoms with van der Waals surface area (Å²) in [6, 6.07) is 0. The lowest BCUT2D eigenvalue weighted by Gasteiger charge is -2.00. The third-order valence-corrected chi connectivity index (χ3v) is 1.89. The molecule has 0 aliphatic carbocycles. The minimum absolute atomic E-state index is 0.235. The maximum absolute atomic E-state index is 10.5. The molecule has 0 amide bonds. The molecule has 8 nitrogen and oxygen atoms in total. The fourth-order valence-electron chi connectivity index (χ4n) is 0.935. The largest absolute Gasteiger partial charge is 0.359 e. The summed E-state index contributed by atoms with van der Waals surface area (Å²) in [7, 11) is -4.37. The van der Waals surface area contributed by atoms with Crippen molar-refractivity contribution < 1.29 is 13.0 Å². The Morgan fingerprint density at radius 3 is 2.67 bits per heavy atom. The van der Waals surface area contributed by atoms with Gasteiger partial charge in [-0.3, -0.25) is 4.55 Å². The Morgan fingerprint density at radius 2 is 1.93 bits per heavy atom. The molecule has 0 aromatic carbocycles. The van der Waals surface area contributed by atoms with Crippen LogP contribution in [0.25, 0.3) is 11.2 Å². The zero-order valence-corrected chi connectivity index (χ0v) is 8.01. The summed E-state index contributed by atoms with van der Waals surface area (Å²) in [5.41, 5.74) is 0.664. The van der Waals surface area contributed by atoms with Crippen LogP contribution in [0, 0.1) is 0 Å². The molecule has 2 N–H and O–H groups in total. The molecular formula is C6H5N5O3S. The molecule has 15 heavy (non-hydrogen) atoms. The molecule has 0 radical (unpaired) electrons. The summed E-state index contributed by atoms with van der Waals surface area (Å²) in [5, 5.41) is 0. The van der Waals surface area contributed by atoms with Gasteiger partial charge in [0.1, 0.15) is 5.52 Å². The number of nitrogens with one attached hydrogen (secondary N) is 1. The number of anilines is 1. The van der Waals surface area contributed by atoms with Gasteiger partial charge in [-0.2, -0.15) is 13.4 Å². The van der Waals surface area contributed by atoms with Crippen LogP contribution in [0.1, 0.15) is 0 Å². The normalized spacial score (nSPS) is 11.5. The summed E-state index contributed by atoms with van der Waals surface area (Å²) in [6.07, 6.45) is 4.16. The first-order valence-corrected chi connectivity index (χ1v) is 5.17.